The van der Waals surface area contributed by atoms with Crippen molar-refractivity contribution in [3.05, 3.63) is 149 Å². The Labute approximate surface area is 325 Å². The molecule has 6 aromatic rings. The second kappa shape index (κ2) is 12.0. The van der Waals surface area contributed by atoms with Gasteiger partial charge in [-0.25, -0.2) is 20.2 Å². The van der Waals surface area contributed by atoms with Gasteiger partial charge in [0.25, 0.3) is 11.4 Å². The van der Waals surface area contributed by atoms with Crippen molar-refractivity contribution in [1.29, 1.82) is 10.5 Å². The molecule has 0 bridgehead atoms. The summed E-state index contributed by atoms with van der Waals surface area (Å²) >= 11 is 7.02. The molecule has 4 aliphatic carbocycles. The average Bonchev–Trinajstić information content (AvgIpc) is 4.05. The minimum Gasteiger partial charge on any atom is -0.289 e. The lowest BCUT2D eigenvalue weighted by Gasteiger charge is -2.36. The van der Waals surface area contributed by atoms with E-state index in [0.29, 0.717) is 44.5 Å². The van der Waals surface area contributed by atoms with Gasteiger partial charge < -0.3 is 0 Å². The van der Waals surface area contributed by atoms with Gasteiger partial charge in [-0.1, -0.05) is 67.8 Å². The molecule has 0 radical (unpaired) electrons. The molecule has 0 N–H and O–H groups in total. The number of nitriles is 2. The van der Waals surface area contributed by atoms with Crippen LogP contribution in [0.25, 0.3) is 61.2 Å². The van der Waals surface area contributed by atoms with E-state index in [9.17, 15) is 20.1 Å². The monoisotopic (exact) mass is 766 g/mol. The molecule has 0 atom stereocenters. The molecule has 6 nitrogen and oxygen atoms in total. The molecule has 10 heteroatoms. The van der Waals surface area contributed by atoms with E-state index in [0.717, 1.165) is 47.3 Å². The van der Waals surface area contributed by atoms with Crippen LogP contribution in [0.5, 0.6) is 0 Å². The number of hydrogen-bond acceptors (Lipinski definition) is 8. The van der Waals surface area contributed by atoms with E-state index in [1.54, 1.807) is 46.9 Å². The largest absolute Gasteiger partial charge is 0.289 e. The van der Waals surface area contributed by atoms with Crippen LogP contribution in [0.15, 0.2) is 88.8 Å². The topological polar surface area (TPSA) is 90.4 Å². The number of thiophene rings is 4. The van der Waals surface area contributed by atoms with E-state index in [1.165, 1.54) is 33.9 Å². The molecule has 10 rings (SSSR count). The Morgan fingerprint density at radius 3 is 1.83 bits per heavy atom. The minimum atomic E-state index is -0.261. The maximum absolute atomic E-state index is 13.9. The van der Waals surface area contributed by atoms with Crippen molar-refractivity contribution >= 4 is 108 Å². The average molecular weight is 767 g/mol. The van der Waals surface area contributed by atoms with E-state index < -0.39 is 0 Å². The van der Waals surface area contributed by atoms with Crippen LogP contribution in [0.3, 0.4) is 0 Å². The molecule has 0 saturated heterocycles. The Hall–Kier alpha value is -5.98. The highest BCUT2D eigenvalue weighted by molar-refractivity contribution is 7.44. The number of hydrogen-bond donors (Lipinski definition) is 0. The normalized spacial score (nSPS) is 20.3. The fourth-order valence-electron chi connectivity index (χ4n) is 8.80. The highest BCUT2D eigenvalue weighted by Crippen LogP contribution is 2.61. The van der Waals surface area contributed by atoms with Crippen LogP contribution in [-0.2, 0) is 5.41 Å². The zero-order valence-electron chi connectivity index (χ0n) is 28.2. The van der Waals surface area contributed by atoms with Gasteiger partial charge in [0.2, 0.25) is 0 Å². The molecule has 4 aliphatic rings. The van der Waals surface area contributed by atoms with Gasteiger partial charge in [0, 0.05) is 53.3 Å². The van der Waals surface area contributed by atoms with Gasteiger partial charge in [0.15, 0.2) is 11.6 Å². The third-order valence-corrected chi connectivity index (χ3v) is 16.4. The molecular formula is C44H22N4O2S4. The first-order chi connectivity index (χ1) is 26.4. The molecule has 4 aromatic heterocycles. The van der Waals surface area contributed by atoms with Gasteiger partial charge in [-0.05, 0) is 59.4 Å². The van der Waals surface area contributed by atoms with Crippen LogP contribution < -0.4 is 0 Å². The Balaban J connectivity index is 1.10. The lowest BCUT2D eigenvalue weighted by atomic mass is 9.67. The fourth-order valence-corrected chi connectivity index (χ4v) is 14.8. The van der Waals surface area contributed by atoms with Crippen LogP contribution in [0.2, 0.25) is 0 Å². The fraction of sp³-hybridized carbons (Fsp3) is 0.136. The highest BCUT2D eigenvalue weighted by Gasteiger charge is 2.46. The summed E-state index contributed by atoms with van der Waals surface area (Å²) in [6.07, 6.45) is 11.3. The minimum absolute atomic E-state index is 0.0625. The molecule has 0 aliphatic heterocycles. The third kappa shape index (κ3) is 4.37. The van der Waals surface area contributed by atoms with Crippen LogP contribution in [0, 0.1) is 35.8 Å². The number of carbonyl (C=O) groups is 2. The first kappa shape index (κ1) is 32.7. The van der Waals surface area contributed by atoms with Crippen LogP contribution in [-0.4, -0.2) is 11.6 Å². The predicted molar refractivity (Wildman–Crippen MR) is 219 cm³/mol. The van der Waals surface area contributed by atoms with E-state index in [4.69, 9.17) is 13.1 Å². The summed E-state index contributed by atoms with van der Waals surface area (Å²) in [7, 11) is 0. The number of Topliss-reactive ketones (excluding diaryl/α,β-unsaturated/α-hetero) is 2. The SMILES string of the molecule is [C-]#[N+]C(C#N)=C1/C(=C\c2cc3sc4c5sc6c(c5sc4c3s2)C2(CCCCC2)C(/C=C2\C(=O)c3ccccc3\C2=C(\C#N)[N+]#[C-])=C6)C(=O)c2ccccc21. The van der Waals surface area contributed by atoms with Crippen molar-refractivity contribution in [2.24, 2.45) is 0 Å². The second-order valence-corrected chi connectivity index (χ2v) is 17.9. The summed E-state index contributed by atoms with van der Waals surface area (Å²) in [4.78, 5) is 36.6. The molecule has 1 spiro atoms. The van der Waals surface area contributed by atoms with Crippen LogP contribution >= 0.6 is 45.3 Å². The molecule has 4 heterocycles. The number of fused-ring (bicyclic) bond motifs is 10. The standard InChI is InChI=1S/C44H22N4O2S4/c1-47-30(20-45)34-24-10-4-6-12-26(24)37(49)28(34)16-22-17-32-36(44(22)14-8-3-9-15-44)40-42(52-32)43-41(54-40)39-33(53-43)19-23(51-39)18-29-35(31(21-46)48-2)25-11-5-7-13-27(25)38(29)50/h4-7,10-13,16-19H,3,8-9,14-15H2/b28-16-,29-18+,34-30+,35-31?. The quantitative estimate of drug-likeness (QED) is 0.0997. The van der Waals surface area contributed by atoms with Gasteiger partial charge >= 0.3 is 0 Å². The summed E-state index contributed by atoms with van der Waals surface area (Å²) in [5, 5.41) is 19.7. The van der Waals surface area contributed by atoms with Crippen molar-refractivity contribution in [2.45, 2.75) is 37.5 Å². The first-order valence-electron chi connectivity index (χ1n) is 17.3. The predicted octanol–water partition coefficient (Wildman–Crippen LogP) is 12.4. The molecule has 1 saturated carbocycles. The molecule has 1 fully saturated rings. The smallest absolute Gasteiger partial charge is 0.270 e. The van der Waals surface area contributed by atoms with E-state index in [1.807, 2.05) is 65.2 Å². The van der Waals surface area contributed by atoms with E-state index in [-0.39, 0.29) is 28.4 Å². The lowest BCUT2D eigenvalue weighted by Crippen LogP contribution is -2.28. The van der Waals surface area contributed by atoms with Crippen molar-refractivity contribution < 1.29 is 9.59 Å². The van der Waals surface area contributed by atoms with Gasteiger partial charge in [-0.2, -0.15) is 0 Å². The maximum atomic E-state index is 13.9. The summed E-state index contributed by atoms with van der Waals surface area (Å²) < 4.78 is 7.37. The highest BCUT2D eigenvalue weighted by atomic mass is 32.1. The molecular weight excluding hydrogens is 745 g/mol. The lowest BCUT2D eigenvalue weighted by molar-refractivity contribution is 0.103. The number of nitrogens with zero attached hydrogens (tertiary/aromatic N) is 4. The number of carbonyl (C=O) groups excluding carboxylic acids is 2. The van der Waals surface area contributed by atoms with Gasteiger partial charge in [-0.3, -0.25) is 9.59 Å². The van der Waals surface area contributed by atoms with Crippen molar-refractivity contribution in [3.8, 4) is 12.1 Å². The first-order valence-corrected chi connectivity index (χ1v) is 20.6. The van der Waals surface area contributed by atoms with Crippen LogP contribution in [0.4, 0.5) is 0 Å². The Bertz CT molecular complexity index is 3080. The number of rotatable bonds is 2. The van der Waals surface area contributed by atoms with Gasteiger partial charge in [-0.15, -0.1) is 45.3 Å². The zero-order chi connectivity index (χ0) is 36.9. The molecule has 0 unspecified atom stereocenters. The van der Waals surface area contributed by atoms with Crippen molar-refractivity contribution in [2.75, 3.05) is 0 Å². The van der Waals surface area contributed by atoms with Gasteiger partial charge in [0.1, 0.15) is 0 Å². The van der Waals surface area contributed by atoms with Crippen molar-refractivity contribution in [1.82, 2.24) is 0 Å². The Morgan fingerprint density at radius 1 is 0.685 bits per heavy atom. The number of ketones is 2. The Morgan fingerprint density at radius 2 is 1.24 bits per heavy atom. The third-order valence-electron chi connectivity index (χ3n) is 11.1. The summed E-state index contributed by atoms with van der Waals surface area (Å²) in [5.41, 5.74) is 6.00. The van der Waals surface area contributed by atoms with E-state index >= 15 is 0 Å². The molecule has 2 aromatic carbocycles. The van der Waals surface area contributed by atoms with Gasteiger partial charge in [0.05, 0.1) is 48.8 Å². The van der Waals surface area contributed by atoms with E-state index in [2.05, 4.69) is 27.9 Å². The van der Waals surface area contributed by atoms with Crippen LogP contribution in [0.1, 0.15) is 79.3 Å². The zero-order valence-corrected chi connectivity index (χ0v) is 31.5. The number of allylic oxidation sites excluding steroid dienone is 8. The summed E-state index contributed by atoms with van der Waals surface area (Å²) in [6, 6.07) is 20.6. The molecule has 54 heavy (non-hydrogen) atoms. The summed E-state index contributed by atoms with van der Waals surface area (Å²) in [5.74, 6) is -0.318. The van der Waals surface area contributed by atoms with Crippen molar-refractivity contribution in [3.63, 3.8) is 0 Å². The molecule has 254 valence electrons. The molecule has 0 amide bonds. The number of benzene rings is 2. The second-order valence-electron chi connectivity index (χ2n) is 13.7. The summed E-state index contributed by atoms with van der Waals surface area (Å²) in [6.45, 7) is 15.4. The maximum Gasteiger partial charge on any atom is 0.270 e. The Kier molecular flexibility index (Phi) is 7.27.